The molecule has 1 N–H and O–H groups in total. The van der Waals surface area contributed by atoms with E-state index in [9.17, 15) is 14.7 Å². The molecule has 2 aliphatic rings. The van der Waals surface area contributed by atoms with Crippen LogP contribution in [-0.4, -0.2) is 23.1 Å². The maximum atomic E-state index is 12.6. The van der Waals surface area contributed by atoms with Gasteiger partial charge < -0.3 is 9.84 Å². The Morgan fingerprint density at radius 3 is 2.62 bits per heavy atom. The molecule has 0 spiro atoms. The van der Waals surface area contributed by atoms with Crippen molar-refractivity contribution in [3.8, 4) is 0 Å². The molecule has 0 aromatic carbocycles. The summed E-state index contributed by atoms with van der Waals surface area (Å²) in [7, 11) is 0. The number of esters is 1. The summed E-state index contributed by atoms with van der Waals surface area (Å²) >= 11 is 0. The molecule has 4 heteroatoms. The van der Waals surface area contributed by atoms with Crippen molar-refractivity contribution in [1.82, 2.24) is 0 Å². The maximum absolute atomic E-state index is 12.6. The summed E-state index contributed by atoms with van der Waals surface area (Å²) in [5.41, 5.74) is 0.808. The molecule has 0 bridgehead atoms. The number of fused-ring (bicyclic) bond motifs is 1. The smallest absolute Gasteiger partial charge is 0.310 e. The first kappa shape index (κ1) is 20.5. The van der Waals surface area contributed by atoms with Gasteiger partial charge in [0.15, 0.2) is 0 Å². The number of ether oxygens (including phenoxy) is 1. The zero-order valence-corrected chi connectivity index (χ0v) is 16.7. The number of carbonyl (C=O) groups excluding carboxylic acids is 1. The molecule has 0 aliphatic heterocycles. The van der Waals surface area contributed by atoms with E-state index in [0.29, 0.717) is 12.8 Å². The predicted octanol–water partition coefficient (Wildman–Crippen LogP) is 4.91. The van der Waals surface area contributed by atoms with E-state index < -0.39 is 16.8 Å². The Labute approximate surface area is 157 Å². The van der Waals surface area contributed by atoms with Gasteiger partial charge in [0.2, 0.25) is 0 Å². The Bertz CT molecular complexity index is 659. The van der Waals surface area contributed by atoms with E-state index in [1.807, 2.05) is 19.9 Å². The van der Waals surface area contributed by atoms with Crippen LogP contribution >= 0.6 is 0 Å². The standard InChI is InChI=1S/C22H32O4/c1-7-14(2)11-12-22(20(24)25)16(4)13-19(26-17(5)23)21(6)15(3)9-8-10-18(21)22/h7,9,11,16,18-19H,1,8,10,12-13H2,2-6H3,(H,24,25)/b14-11-/t16-,18+,19+,21+,22-/m1/s1. The number of carboxylic acid groups (broad SMARTS) is 1. The molecule has 0 aromatic rings. The van der Waals surface area contributed by atoms with Crippen molar-refractivity contribution in [3.05, 3.63) is 36.0 Å². The number of hydrogen-bond donors (Lipinski definition) is 1. The molecule has 2 rings (SSSR count). The van der Waals surface area contributed by atoms with Crippen LogP contribution in [0.15, 0.2) is 36.0 Å². The average molecular weight is 360 g/mol. The van der Waals surface area contributed by atoms with Gasteiger partial charge in [-0.15, -0.1) is 0 Å². The van der Waals surface area contributed by atoms with E-state index in [1.54, 1.807) is 6.08 Å². The topological polar surface area (TPSA) is 63.6 Å². The largest absolute Gasteiger partial charge is 0.481 e. The number of hydrogen-bond acceptors (Lipinski definition) is 3. The van der Waals surface area contributed by atoms with Crippen LogP contribution in [0, 0.1) is 22.7 Å². The lowest BCUT2D eigenvalue weighted by atomic mass is 9.45. The Morgan fingerprint density at radius 1 is 1.42 bits per heavy atom. The van der Waals surface area contributed by atoms with Crippen LogP contribution in [0.25, 0.3) is 0 Å². The van der Waals surface area contributed by atoms with Gasteiger partial charge in [-0.3, -0.25) is 9.59 Å². The number of carboxylic acids is 1. The SMILES string of the molecule is C=C/C(C)=C\C[C@@]1(C(=O)O)[C@H](C)C[C@H](OC(C)=O)[C@@]2(C)C(C)=CCC[C@@H]21. The van der Waals surface area contributed by atoms with E-state index in [0.717, 1.165) is 24.0 Å². The second kappa shape index (κ2) is 7.42. The summed E-state index contributed by atoms with van der Waals surface area (Å²) in [6.07, 6.45) is 8.35. The van der Waals surface area contributed by atoms with Gasteiger partial charge in [0.1, 0.15) is 6.10 Å². The molecule has 0 radical (unpaired) electrons. The van der Waals surface area contributed by atoms with Crippen LogP contribution in [-0.2, 0) is 14.3 Å². The van der Waals surface area contributed by atoms with Crippen molar-refractivity contribution < 1.29 is 19.4 Å². The summed E-state index contributed by atoms with van der Waals surface area (Å²) in [6, 6.07) is 0. The van der Waals surface area contributed by atoms with Crippen LogP contribution in [0.2, 0.25) is 0 Å². The van der Waals surface area contributed by atoms with Gasteiger partial charge in [0, 0.05) is 12.3 Å². The van der Waals surface area contributed by atoms with Crippen LogP contribution in [0.5, 0.6) is 0 Å². The Hall–Kier alpha value is -1.84. The first-order valence-electron chi connectivity index (χ1n) is 9.47. The van der Waals surface area contributed by atoms with Crippen LogP contribution in [0.1, 0.15) is 60.3 Å². The van der Waals surface area contributed by atoms with Crippen LogP contribution in [0.4, 0.5) is 0 Å². The van der Waals surface area contributed by atoms with Gasteiger partial charge >= 0.3 is 11.9 Å². The monoisotopic (exact) mass is 360 g/mol. The van der Waals surface area contributed by atoms with Crippen molar-refractivity contribution in [3.63, 3.8) is 0 Å². The molecule has 144 valence electrons. The molecular weight excluding hydrogens is 328 g/mol. The molecule has 26 heavy (non-hydrogen) atoms. The molecule has 0 unspecified atom stereocenters. The number of carbonyl (C=O) groups is 2. The summed E-state index contributed by atoms with van der Waals surface area (Å²) in [4.78, 5) is 24.4. The molecule has 0 saturated heterocycles. The molecular formula is C22H32O4. The third-order valence-electron chi connectivity index (χ3n) is 7.01. The molecule has 0 aromatic heterocycles. The lowest BCUT2D eigenvalue weighted by molar-refractivity contribution is -0.189. The van der Waals surface area contributed by atoms with Gasteiger partial charge in [-0.25, -0.2) is 0 Å². The van der Waals surface area contributed by atoms with Crippen LogP contribution < -0.4 is 0 Å². The first-order valence-corrected chi connectivity index (χ1v) is 9.47. The Morgan fingerprint density at radius 2 is 2.08 bits per heavy atom. The van der Waals surface area contributed by atoms with E-state index in [-0.39, 0.29) is 23.9 Å². The normalized spacial score (nSPS) is 37.3. The summed E-state index contributed by atoms with van der Waals surface area (Å²) in [6.45, 7) is 13.3. The van der Waals surface area contributed by atoms with Gasteiger partial charge in [-0.1, -0.05) is 49.8 Å². The molecule has 1 fully saturated rings. The molecule has 0 amide bonds. The minimum Gasteiger partial charge on any atom is -0.481 e. The predicted molar refractivity (Wildman–Crippen MR) is 103 cm³/mol. The first-order chi connectivity index (χ1) is 12.1. The fraction of sp³-hybridized carbons (Fsp3) is 0.636. The molecule has 5 atom stereocenters. The fourth-order valence-corrected chi connectivity index (χ4v) is 5.23. The molecule has 1 saturated carbocycles. The highest BCUT2D eigenvalue weighted by atomic mass is 16.5. The number of rotatable bonds is 5. The lowest BCUT2D eigenvalue weighted by Crippen LogP contribution is -2.61. The zero-order valence-electron chi connectivity index (χ0n) is 16.7. The van der Waals surface area contributed by atoms with Gasteiger partial charge in [-0.05, 0) is 51.4 Å². The number of allylic oxidation sites excluding steroid dienone is 4. The zero-order chi connectivity index (χ0) is 19.7. The van der Waals surface area contributed by atoms with Crippen molar-refractivity contribution in [2.45, 2.75) is 66.4 Å². The van der Waals surface area contributed by atoms with Gasteiger partial charge in [-0.2, -0.15) is 0 Å². The van der Waals surface area contributed by atoms with Gasteiger partial charge in [0.05, 0.1) is 5.41 Å². The quantitative estimate of drug-likeness (QED) is 0.430. The maximum Gasteiger partial charge on any atom is 0.310 e. The van der Waals surface area contributed by atoms with Crippen molar-refractivity contribution in [2.24, 2.45) is 22.7 Å². The second-order valence-electron chi connectivity index (χ2n) is 8.24. The lowest BCUT2D eigenvalue weighted by Gasteiger charge is -2.59. The number of aliphatic carboxylic acids is 1. The average Bonchev–Trinajstić information content (AvgIpc) is 2.56. The Balaban J connectivity index is 2.60. The second-order valence-corrected chi connectivity index (χ2v) is 8.24. The van der Waals surface area contributed by atoms with Crippen LogP contribution in [0.3, 0.4) is 0 Å². The van der Waals surface area contributed by atoms with Crippen molar-refractivity contribution >= 4 is 11.9 Å². The summed E-state index contributed by atoms with van der Waals surface area (Å²) < 4.78 is 5.72. The molecule has 0 heterocycles. The Kier molecular flexibility index (Phi) is 5.84. The fourth-order valence-electron chi connectivity index (χ4n) is 5.23. The summed E-state index contributed by atoms with van der Waals surface area (Å²) in [5.74, 6) is -1.22. The highest BCUT2D eigenvalue weighted by molar-refractivity contribution is 5.77. The van der Waals surface area contributed by atoms with Crippen molar-refractivity contribution in [1.29, 1.82) is 0 Å². The van der Waals surface area contributed by atoms with E-state index in [4.69, 9.17) is 4.74 Å². The summed E-state index contributed by atoms with van der Waals surface area (Å²) in [5, 5.41) is 10.4. The minimum atomic E-state index is -0.870. The van der Waals surface area contributed by atoms with Gasteiger partial charge in [0.25, 0.3) is 0 Å². The minimum absolute atomic E-state index is 0.0838. The third kappa shape index (κ3) is 3.15. The van der Waals surface area contributed by atoms with E-state index in [1.165, 1.54) is 6.92 Å². The highest BCUT2D eigenvalue weighted by Gasteiger charge is 2.63. The van der Waals surface area contributed by atoms with E-state index >= 15 is 0 Å². The third-order valence-corrected chi connectivity index (χ3v) is 7.01. The van der Waals surface area contributed by atoms with E-state index in [2.05, 4.69) is 26.5 Å². The van der Waals surface area contributed by atoms with Crippen molar-refractivity contribution in [2.75, 3.05) is 0 Å². The highest BCUT2D eigenvalue weighted by Crippen LogP contribution is 2.62. The molecule has 2 aliphatic carbocycles. The molecule has 4 nitrogen and oxygen atoms in total.